The highest BCUT2D eigenvalue weighted by molar-refractivity contribution is 7.07. The van der Waals surface area contributed by atoms with Crippen LogP contribution < -0.4 is 17.0 Å². The van der Waals surface area contributed by atoms with Crippen LogP contribution in [0.4, 0.5) is 0 Å². The van der Waals surface area contributed by atoms with Gasteiger partial charge in [0, 0.05) is 6.92 Å². The Morgan fingerprint density at radius 2 is 2.25 bits per heavy atom. The van der Waals surface area contributed by atoms with E-state index in [0.29, 0.717) is 0 Å². The fraction of sp³-hybridized carbons (Fsp3) is 0.400. The minimum Gasteiger partial charge on any atom is -1.00 e. The predicted molar refractivity (Wildman–Crippen MR) is 30.2 cm³/mol. The Morgan fingerprint density at radius 1 is 1.62 bits per heavy atom. The molecule has 0 bridgehead atoms. The number of thiazole rings is 1. The largest absolute Gasteiger partial charge is 1.00 e. The zero-order valence-electron chi connectivity index (χ0n) is 4.89. The molecule has 8 heavy (non-hydrogen) atoms. The quantitative estimate of drug-likeness (QED) is 0.372. The molecule has 0 saturated carbocycles. The smallest absolute Gasteiger partial charge is 0.224 e. The lowest BCUT2D eigenvalue weighted by atomic mass is 10.6. The molecule has 0 aromatic carbocycles. The van der Waals surface area contributed by atoms with Crippen LogP contribution in [0.2, 0.25) is 0 Å². The van der Waals surface area contributed by atoms with Crippen LogP contribution in [0.5, 0.6) is 0 Å². The Hall–Kier alpha value is -0.0800. The van der Waals surface area contributed by atoms with E-state index in [1.807, 2.05) is 7.05 Å². The van der Waals surface area contributed by atoms with Gasteiger partial charge in [-0.05, 0) is 0 Å². The molecule has 0 spiro atoms. The van der Waals surface area contributed by atoms with E-state index < -0.39 is 0 Å². The number of hydrogen-bond donors (Lipinski definition) is 0. The van der Waals surface area contributed by atoms with Gasteiger partial charge in [-0.3, -0.25) is 0 Å². The van der Waals surface area contributed by atoms with Crippen LogP contribution in [0.15, 0.2) is 10.9 Å². The summed E-state index contributed by atoms with van der Waals surface area (Å²) in [7, 11) is 2.05. The van der Waals surface area contributed by atoms with Gasteiger partial charge >= 0.3 is 0 Å². The van der Waals surface area contributed by atoms with Gasteiger partial charge in [-0.1, -0.05) is 11.3 Å². The van der Waals surface area contributed by atoms with Crippen LogP contribution in [-0.4, -0.2) is 0 Å². The van der Waals surface area contributed by atoms with Crippen LogP contribution >= 0.6 is 11.3 Å². The number of hydrogen-bond acceptors (Lipinski definition) is 1. The number of aryl methyl sites for hydroxylation is 2. The Bertz CT molecular complexity index is 145. The molecule has 46 valence electrons. The molecule has 1 aromatic heterocycles. The fourth-order valence-corrected chi connectivity index (χ4v) is 1.16. The van der Waals surface area contributed by atoms with Gasteiger partial charge in [0.05, 0.1) is 5.38 Å². The molecule has 0 unspecified atom stereocenters. The average molecular weight is 150 g/mol. The third-order valence-corrected chi connectivity index (χ3v) is 1.93. The van der Waals surface area contributed by atoms with Crippen molar-refractivity contribution in [2.45, 2.75) is 6.92 Å². The third kappa shape index (κ3) is 1.46. The van der Waals surface area contributed by atoms with E-state index >= 15 is 0 Å². The Labute approximate surface area is 59.4 Å². The molecule has 0 amide bonds. The molecule has 0 radical (unpaired) electrons. The van der Waals surface area contributed by atoms with Crippen molar-refractivity contribution in [2.75, 3.05) is 0 Å². The molecule has 1 heterocycles. The summed E-state index contributed by atoms with van der Waals surface area (Å²) in [6.07, 6.45) is 0. The van der Waals surface area contributed by atoms with Crippen LogP contribution in [0, 0.1) is 6.92 Å². The van der Waals surface area contributed by atoms with Crippen molar-refractivity contribution in [1.82, 2.24) is 0 Å². The van der Waals surface area contributed by atoms with Gasteiger partial charge in [-0.2, -0.15) is 4.57 Å². The first-order valence-electron chi connectivity index (χ1n) is 2.19. The monoisotopic (exact) mass is 149 g/mol. The molecule has 0 aliphatic carbocycles. The van der Waals surface area contributed by atoms with E-state index in [0.717, 1.165) is 0 Å². The van der Waals surface area contributed by atoms with E-state index in [-0.39, 0.29) is 12.4 Å². The molecular formula is C5H8ClNS. The Morgan fingerprint density at radius 3 is 2.38 bits per heavy atom. The van der Waals surface area contributed by atoms with E-state index in [2.05, 4.69) is 22.4 Å². The lowest BCUT2D eigenvalue weighted by Crippen LogP contribution is -3.00. The van der Waals surface area contributed by atoms with Gasteiger partial charge in [0.1, 0.15) is 7.05 Å². The molecule has 0 fully saturated rings. The maximum Gasteiger partial charge on any atom is 0.224 e. The second-order valence-electron chi connectivity index (χ2n) is 1.61. The van der Waals surface area contributed by atoms with Gasteiger partial charge in [0.15, 0.2) is 5.69 Å². The summed E-state index contributed by atoms with van der Waals surface area (Å²) in [4.78, 5) is 0. The third-order valence-electron chi connectivity index (χ3n) is 1.01. The SMILES string of the molecule is Cc1csc[n+]1C.[Cl-]. The maximum absolute atomic E-state index is 2.12. The molecule has 0 aliphatic rings. The standard InChI is InChI=1S/C5H8NS.ClH/c1-5-3-7-4-6(5)2;/h3-4H,1-2H3;1H/q+1;/p-1. The predicted octanol–water partition coefficient (Wildman–Crippen LogP) is -2.11. The lowest BCUT2D eigenvalue weighted by Gasteiger charge is -1.74. The Kier molecular flexibility index (Phi) is 3.02. The molecule has 1 nitrogen and oxygen atoms in total. The number of aromatic nitrogens is 1. The zero-order chi connectivity index (χ0) is 5.28. The number of rotatable bonds is 0. The first-order chi connectivity index (χ1) is 3.30. The van der Waals surface area contributed by atoms with E-state index in [9.17, 15) is 0 Å². The molecule has 0 atom stereocenters. The van der Waals surface area contributed by atoms with Gasteiger partial charge in [-0.15, -0.1) is 0 Å². The van der Waals surface area contributed by atoms with Crippen LogP contribution in [-0.2, 0) is 7.05 Å². The van der Waals surface area contributed by atoms with Crippen molar-refractivity contribution in [3.8, 4) is 0 Å². The molecule has 0 saturated heterocycles. The van der Waals surface area contributed by atoms with Crippen molar-refractivity contribution in [2.24, 2.45) is 7.05 Å². The number of halogens is 1. The van der Waals surface area contributed by atoms with Crippen LogP contribution in [0.3, 0.4) is 0 Å². The molecular weight excluding hydrogens is 142 g/mol. The van der Waals surface area contributed by atoms with Crippen molar-refractivity contribution in [3.63, 3.8) is 0 Å². The summed E-state index contributed by atoms with van der Waals surface area (Å²) in [5.41, 5.74) is 3.40. The van der Waals surface area contributed by atoms with Gasteiger partial charge < -0.3 is 12.4 Å². The summed E-state index contributed by atoms with van der Waals surface area (Å²) in [6, 6.07) is 0. The first-order valence-corrected chi connectivity index (χ1v) is 3.13. The topological polar surface area (TPSA) is 3.88 Å². The van der Waals surface area contributed by atoms with Gasteiger partial charge in [0.25, 0.3) is 0 Å². The zero-order valence-corrected chi connectivity index (χ0v) is 6.46. The van der Waals surface area contributed by atoms with Crippen LogP contribution in [0.25, 0.3) is 0 Å². The molecule has 3 heteroatoms. The maximum atomic E-state index is 2.12. The molecule has 0 N–H and O–H groups in total. The second-order valence-corrected chi connectivity index (χ2v) is 2.33. The minimum atomic E-state index is 0. The highest BCUT2D eigenvalue weighted by atomic mass is 35.5. The highest BCUT2D eigenvalue weighted by Crippen LogP contribution is 1.93. The fourth-order valence-electron chi connectivity index (χ4n) is 0.386. The summed E-state index contributed by atoms with van der Waals surface area (Å²) < 4.78 is 2.10. The first kappa shape index (κ1) is 7.92. The van der Waals surface area contributed by atoms with E-state index in [4.69, 9.17) is 0 Å². The van der Waals surface area contributed by atoms with Crippen LogP contribution in [0.1, 0.15) is 5.69 Å². The number of nitrogens with zero attached hydrogens (tertiary/aromatic N) is 1. The normalized spacial score (nSPS) is 8.25. The van der Waals surface area contributed by atoms with Gasteiger partial charge in [0.2, 0.25) is 5.51 Å². The summed E-state index contributed by atoms with van der Waals surface area (Å²) >= 11 is 1.73. The van der Waals surface area contributed by atoms with E-state index in [1.54, 1.807) is 11.3 Å². The van der Waals surface area contributed by atoms with Crippen molar-refractivity contribution < 1.29 is 17.0 Å². The van der Waals surface area contributed by atoms with Crippen molar-refractivity contribution >= 4 is 11.3 Å². The highest BCUT2D eigenvalue weighted by Gasteiger charge is 1.95. The Balaban J connectivity index is 0.000000490. The average Bonchev–Trinajstić information content (AvgIpc) is 1.91. The second kappa shape index (κ2) is 3.05. The summed E-state index contributed by atoms with van der Waals surface area (Å²) in [5.74, 6) is 0. The molecule has 0 aliphatic heterocycles. The van der Waals surface area contributed by atoms with Crippen molar-refractivity contribution in [3.05, 3.63) is 16.6 Å². The molecule has 1 aromatic rings. The summed E-state index contributed by atoms with van der Waals surface area (Å²) in [5, 5.41) is 2.12. The minimum absolute atomic E-state index is 0. The van der Waals surface area contributed by atoms with Crippen molar-refractivity contribution in [1.29, 1.82) is 0 Å². The lowest BCUT2D eigenvalue weighted by molar-refractivity contribution is -0.672. The van der Waals surface area contributed by atoms with E-state index in [1.165, 1.54) is 5.69 Å². The summed E-state index contributed by atoms with van der Waals surface area (Å²) in [6.45, 7) is 2.09. The molecule has 1 rings (SSSR count). The van der Waals surface area contributed by atoms with Gasteiger partial charge in [-0.25, -0.2) is 0 Å².